The quantitative estimate of drug-likeness (QED) is 0.743. The van der Waals surface area contributed by atoms with Crippen molar-refractivity contribution in [1.29, 1.82) is 0 Å². The maximum atomic E-state index is 4.36. The van der Waals surface area contributed by atoms with Gasteiger partial charge in [0.2, 0.25) is 0 Å². The van der Waals surface area contributed by atoms with Crippen LogP contribution in [0.3, 0.4) is 0 Å². The highest BCUT2D eigenvalue weighted by molar-refractivity contribution is 9.09. The van der Waals surface area contributed by atoms with Gasteiger partial charge in [-0.05, 0) is 37.7 Å². The van der Waals surface area contributed by atoms with Crippen LogP contribution in [0.2, 0.25) is 0 Å². The van der Waals surface area contributed by atoms with Crippen molar-refractivity contribution < 1.29 is 0 Å². The van der Waals surface area contributed by atoms with Gasteiger partial charge in [0.1, 0.15) is 0 Å². The first-order valence-electron chi connectivity index (χ1n) is 4.88. The Balaban J connectivity index is 1.78. The Kier molecular flexibility index (Phi) is 2.72. The van der Waals surface area contributed by atoms with Crippen LogP contribution >= 0.6 is 15.9 Å². The van der Waals surface area contributed by atoms with E-state index in [9.17, 15) is 0 Å². The summed E-state index contributed by atoms with van der Waals surface area (Å²) in [5.41, 5.74) is 1.22. The Morgan fingerprint density at radius 3 is 3.00 bits per heavy atom. The molecule has 1 saturated carbocycles. The first kappa shape index (κ1) is 9.25. The third-order valence-electron chi connectivity index (χ3n) is 2.58. The molecule has 1 atom stereocenters. The molecule has 0 bridgehead atoms. The zero-order valence-electron chi connectivity index (χ0n) is 7.91. The van der Waals surface area contributed by atoms with Gasteiger partial charge in [0.25, 0.3) is 0 Å². The van der Waals surface area contributed by atoms with E-state index in [2.05, 4.69) is 27.1 Å². The van der Waals surface area contributed by atoms with Gasteiger partial charge in [-0.3, -0.25) is 4.68 Å². The lowest BCUT2D eigenvalue weighted by molar-refractivity contribution is 0.670. The highest BCUT2D eigenvalue weighted by Gasteiger charge is 2.28. The van der Waals surface area contributed by atoms with Gasteiger partial charge in [0.05, 0.1) is 5.69 Å². The third kappa shape index (κ3) is 2.56. The van der Waals surface area contributed by atoms with Crippen LogP contribution in [0.1, 0.15) is 25.0 Å². The van der Waals surface area contributed by atoms with Crippen molar-refractivity contribution in [3.8, 4) is 0 Å². The summed E-state index contributed by atoms with van der Waals surface area (Å²) in [6.45, 7) is 0. The topological polar surface area (TPSA) is 17.8 Å². The minimum absolute atomic E-state index is 0.717. The van der Waals surface area contributed by atoms with E-state index in [0.29, 0.717) is 0 Å². The fourth-order valence-corrected chi connectivity index (χ4v) is 2.33. The molecule has 0 aromatic carbocycles. The highest BCUT2D eigenvalue weighted by Crippen LogP contribution is 2.38. The van der Waals surface area contributed by atoms with Gasteiger partial charge in [-0.2, -0.15) is 5.10 Å². The van der Waals surface area contributed by atoms with Crippen molar-refractivity contribution in [2.24, 2.45) is 13.0 Å². The predicted molar refractivity (Wildman–Crippen MR) is 57.0 cm³/mol. The predicted octanol–water partition coefficient (Wildman–Crippen LogP) is 2.53. The molecule has 2 rings (SSSR count). The normalized spacial score (nSPS) is 18.9. The first-order chi connectivity index (χ1) is 6.25. The fourth-order valence-electron chi connectivity index (χ4n) is 1.58. The highest BCUT2D eigenvalue weighted by atomic mass is 79.9. The van der Waals surface area contributed by atoms with E-state index in [1.807, 2.05) is 17.9 Å². The molecule has 1 aromatic heterocycles. The van der Waals surface area contributed by atoms with Crippen LogP contribution in [-0.4, -0.2) is 14.6 Å². The fraction of sp³-hybridized carbons (Fsp3) is 0.700. The molecular formula is C10H15BrN2. The lowest BCUT2D eigenvalue weighted by Crippen LogP contribution is -2.03. The number of hydrogen-bond donors (Lipinski definition) is 0. The summed E-state index contributed by atoms with van der Waals surface area (Å²) >= 11 is 3.73. The molecule has 0 spiro atoms. The largest absolute Gasteiger partial charge is 0.276 e. The van der Waals surface area contributed by atoms with Gasteiger partial charge in [-0.25, -0.2) is 0 Å². The Hall–Kier alpha value is -0.310. The number of alkyl halides is 1. The molecule has 1 fully saturated rings. The molecule has 1 aliphatic rings. The standard InChI is InChI=1S/C10H15BrN2/c1-13-7-6-9(12-13)4-5-10(11)8-2-3-8/h6-8,10H,2-5H2,1H3. The lowest BCUT2D eigenvalue weighted by atomic mass is 10.1. The average Bonchev–Trinajstić information content (AvgIpc) is 2.87. The maximum absolute atomic E-state index is 4.36. The summed E-state index contributed by atoms with van der Waals surface area (Å²) in [5.74, 6) is 0.948. The summed E-state index contributed by atoms with van der Waals surface area (Å²) in [6.07, 6.45) is 7.17. The van der Waals surface area contributed by atoms with Gasteiger partial charge in [0.15, 0.2) is 0 Å². The van der Waals surface area contributed by atoms with Crippen LogP contribution in [0, 0.1) is 5.92 Å². The smallest absolute Gasteiger partial charge is 0.0624 e. The van der Waals surface area contributed by atoms with E-state index < -0.39 is 0 Å². The number of halogens is 1. The Bertz CT molecular complexity index is 278. The van der Waals surface area contributed by atoms with Crippen molar-refractivity contribution in [1.82, 2.24) is 9.78 Å². The van der Waals surface area contributed by atoms with Crippen molar-refractivity contribution in [2.75, 3.05) is 0 Å². The molecule has 0 aliphatic heterocycles. The Morgan fingerprint density at radius 2 is 2.46 bits per heavy atom. The van der Waals surface area contributed by atoms with Gasteiger partial charge in [-0.1, -0.05) is 15.9 Å². The van der Waals surface area contributed by atoms with Crippen LogP contribution in [0.15, 0.2) is 12.3 Å². The van der Waals surface area contributed by atoms with Gasteiger partial charge >= 0.3 is 0 Å². The molecule has 0 saturated heterocycles. The molecular weight excluding hydrogens is 228 g/mol. The first-order valence-corrected chi connectivity index (χ1v) is 5.80. The van der Waals surface area contributed by atoms with E-state index in [1.54, 1.807) is 0 Å². The van der Waals surface area contributed by atoms with E-state index in [-0.39, 0.29) is 0 Å². The van der Waals surface area contributed by atoms with E-state index in [1.165, 1.54) is 25.0 Å². The zero-order valence-corrected chi connectivity index (χ0v) is 9.50. The van der Waals surface area contributed by atoms with E-state index >= 15 is 0 Å². The average molecular weight is 243 g/mol. The van der Waals surface area contributed by atoms with Crippen molar-refractivity contribution in [3.05, 3.63) is 18.0 Å². The summed E-state index contributed by atoms with van der Waals surface area (Å²) in [6, 6.07) is 2.10. The van der Waals surface area contributed by atoms with Crippen LogP contribution < -0.4 is 0 Å². The molecule has 3 heteroatoms. The van der Waals surface area contributed by atoms with Crippen LogP contribution in [0.5, 0.6) is 0 Å². The number of rotatable bonds is 4. The number of hydrogen-bond acceptors (Lipinski definition) is 1. The molecule has 1 unspecified atom stereocenters. The van der Waals surface area contributed by atoms with Gasteiger partial charge < -0.3 is 0 Å². The molecule has 0 amide bonds. The third-order valence-corrected chi connectivity index (χ3v) is 3.78. The Labute approximate surface area is 87.5 Å². The molecule has 0 N–H and O–H groups in total. The molecule has 1 aliphatic carbocycles. The number of aryl methyl sites for hydroxylation is 2. The number of nitrogens with zero attached hydrogens (tertiary/aromatic N) is 2. The second kappa shape index (κ2) is 3.82. The van der Waals surface area contributed by atoms with E-state index in [4.69, 9.17) is 0 Å². The van der Waals surface area contributed by atoms with Crippen molar-refractivity contribution in [3.63, 3.8) is 0 Å². The second-order valence-corrected chi connectivity index (χ2v) is 5.05. The molecule has 13 heavy (non-hydrogen) atoms. The second-order valence-electron chi connectivity index (χ2n) is 3.87. The monoisotopic (exact) mass is 242 g/mol. The van der Waals surface area contributed by atoms with Gasteiger partial charge in [0, 0.05) is 18.1 Å². The summed E-state index contributed by atoms with van der Waals surface area (Å²) in [5, 5.41) is 4.36. The van der Waals surface area contributed by atoms with Gasteiger partial charge in [-0.15, -0.1) is 0 Å². The summed E-state index contributed by atoms with van der Waals surface area (Å²) in [7, 11) is 1.97. The van der Waals surface area contributed by atoms with Crippen LogP contribution in [0.4, 0.5) is 0 Å². The van der Waals surface area contributed by atoms with Crippen molar-refractivity contribution >= 4 is 15.9 Å². The Morgan fingerprint density at radius 1 is 1.69 bits per heavy atom. The molecule has 0 radical (unpaired) electrons. The minimum atomic E-state index is 0.717. The molecule has 2 nitrogen and oxygen atoms in total. The summed E-state index contributed by atoms with van der Waals surface area (Å²) < 4.78 is 1.87. The minimum Gasteiger partial charge on any atom is -0.276 e. The molecule has 72 valence electrons. The van der Waals surface area contributed by atoms with Crippen molar-refractivity contribution in [2.45, 2.75) is 30.5 Å². The lowest BCUT2D eigenvalue weighted by Gasteiger charge is -2.05. The van der Waals surface area contributed by atoms with E-state index in [0.717, 1.165) is 17.2 Å². The van der Waals surface area contributed by atoms with Crippen LogP contribution in [0.25, 0.3) is 0 Å². The summed E-state index contributed by atoms with van der Waals surface area (Å²) in [4.78, 5) is 0.717. The molecule has 1 aromatic rings. The number of aromatic nitrogens is 2. The SMILES string of the molecule is Cn1ccc(CCC(Br)C2CC2)n1. The maximum Gasteiger partial charge on any atom is 0.0624 e. The zero-order chi connectivity index (χ0) is 9.26. The molecule has 1 heterocycles. The van der Waals surface area contributed by atoms with Crippen LogP contribution in [-0.2, 0) is 13.5 Å².